The average Bonchev–Trinajstić information content (AvgIpc) is 2.63. The van der Waals surface area contributed by atoms with E-state index in [1.54, 1.807) is 44.2 Å². The Hall–Kier alpha value is -2.89. The highest BCUT2D eigenvalue weighted by atomic mass is 32.2. The zero-order valence-corrected chi connectivity index (χ0v) is 16.4. The number of amides is 1. The van der Waals surface area contributed by atoms with Crippen molar-refractivity contribution in [1.29, 1.82) is 5.26 Å². The van der Waals surface area contributed by atoms with E-state index in [0.29, 0.717) is 22.6 Å². The number of anilines is 1. The third kappa shape index (κ3) is 4.64. The Labute approximate surface area is 159 Å². The molecule has 1 atom stereocenters. The van der Waals surface area contributed by atoms with E-state index < -0.39 is 22.0 Å². The van der Waals surface area contributed by atoms with Crippen LogP contribution in [0.15, 0.2) is 47.4 Å². The molecule has 0 bridgehead atoms. The maximum atomic E-state index is 12.5. The van der Waals surface area contributed by atoms with Gasteiger partial charge in [-0.15, -0.1) is 0 Å². The summed E-state index contributed by atoms with van der Waals surface area (Å²) >= 11 is 0. The Kier molecular flexibility index (Phi) is 6.20. The molecule has 0 fully saturated rings. The molecule has 0 radical (unpaired) electrons. The fourth-order valence-corrected chi connectivity index (χ4v) is 3.18. The van der Waals surface area contributed by atoms with Crippen molar-refractivity contribution in [2.75, 3.05) is 19.4 Å². The minimum atomic E-state index is -3.62. The van der Waals surface area contributed by atoms with Crippen molar-refractivity contribution >= 4 is 21.6 Å². The highest BCUT2D eigenvalue weighted by molar-refractivity contribution is 7.89. The summed E-state index contributed by atoms with van der Waals surface area (Å²) in [6, 6.07) is 13.2. The van der Waals surface area contributed by atoms with Crippen LogP contribution in [0.5, 0.6) is 5.75 Å². The number of carbonyl (C=O) groups excluding carboxylic acids is 1. The summed E-state index contributed by atoms with van der Waals surface area (Å²) in [5.41, 5.74) is 1.42. The van der Waals surface area contributed by atoms with Gasteiger partial charge < -0.3 is 10.1 Å². The molecular formula is C19H21N3O4S. The third-order valence-electron chi connectivity index (χ3n) is 3.93. The van der Waals surface area contributed by atoms with Crippen LogP contribution >= 0.6 is 0 Å². The summed E-state index contributed by atoms with van der Waals surface area (Å²) in [5, 5.41) is 11.8. The number of benzene rings is 2. The average molecular weight is 387 g/mol. The molecule has 8 heteroatoms. The SMILES string of the molecule is Cc1ccc(S(=O)(=O)N(C)C)cc1NC(=O)C(C)Oc1ccccc1C#N. The zero-order chi connectivity index (χ0) is 20.2. The Balaban J connectivity index is 2.21. The minimum absolute atomic E-state index is 0.0804. The van der Waals surface area contributed by atoms with E-state index in [0.717, 1.165) is 4.31 Å². The molecule has 2 aromatic rings. The molecule has 0 heterocycles. The van der Waals surface area contributed by atoms with Crippen LogP contribution < -0.4 is 10.1 Å². The van der Waals surface area contributed by atoms with Gasteiger partial charge in [-0.1, -0.05) is 18.2 Å². The van der Waals surface area contributed by atoms with E-state index in [1.165, 1.54) is 26.2 Å². The van der Waals surface area contributed by atoms with Crippen LogP contribution in [0, 0.1) is 18.3 Å². The van der Waals surface area contributed by atoms with Crippen molar-refractivity contribution in [2.45, 2.75) is 24.8 Å². The number of nitriles is 1. The van der Waals surface area contributed by atoms with E-state index in [9.17, 15) is 13.2 Å². The number of nitrogens with one attached hydrogen (secondary N) is 1. The van der Waals surface area contributed by atoms with E-state index in [4.69, 9.17) is 10.00 Å². The fourth-order valence-electron chi connectivity index (χ4n) is 2.25. The summed E-state index contributed by atoms with van der Waals surface area (Å²) in [4.78, 5) is 12.6. The normalized spacial score (nSPS) is 12.3. The van der Waals surface area contributed by atoms with Gasteiger partial charge in [0.2, 0.25) is 10.0 Å². The Morgan fingerprint density at radius 2 is 1.89 bits per heavy atom. The first-order valence-corrected chi connectivity index (χ1v) is 9.60. The second-order valence-corrected chi connectivity index (χ2v) is 8.27. The first-order chi connectivity index (χ1) is 12.7. The van der Waals surface area contributed by atoms with Gasteiger partial charge in [0.1, 0.15) is 11.8 Å². The number of hydrogen-bond donors (Lipinski definition) is 1. The van der Waals surface area contributed by atoms with E-state index in [2.05, 4.69) is 5.32 Å². The van der Waals surface area contributed by atoms with Gasteiger partial charge in [-0.3, -0.25) is 4.79 Å². The number of ether oxygens (including phenoxy) is 1. The topological polar surface area (TPSA) is 99.5 Å². The molecule has 7 nitrogen and oxygen atoms in total. The molecule has 1 unspecified atom stereocenters. The van der Waals surface area contributed by atoms with Gasteiger partial charge in [0, 0.05) is 19.8 Å². The van der Waals surface area contributed by atoms with Gasteiger partial charge in [-0.25, -0.2) is 12.7 Å². The van der Waals surface area contributed by atoms with Crippen LogP contribution in [0.25, 0.3) is 0 Å². The lowest BCUT2D eigenvalue weighted by Crippen LogP contribution is -2.30. The molecule has 0 aliphatic heterocycles. The predicted molar refractivity (Wildman–Crippen MR) is 102 cm³/mol. The van der Waals surface area contributed by atoms with Gasteiger partial charge in [0.05, 0.1) is 10.5 Å². The summed E-state index contributed by atoms with van der Waals surface area (Å²) in [6.07, 6.45) is -0.881. The van der Waals surface area contributed by atoms with Crippen molar-refractivity contribution in [3.8, 4) is 11.8 Å². The Morgan fingerprint density at radius 3 is 2.52 bits per heavy atom. The minimum Gasteiger partial charge on any atom is -0.480 e. The van der Waals surface area contributed by atoms with Gasteiger partial charge in [0.15, 0.2) is 6.10 Å². The molecule has 1 amide bonds. The van der Waals surface area contributed by atoms with E-state index in [-0.39, 0.29) is 4.90 Å². The van der Waals surface area contributed by atoms with E-state index >= 15 is 0 Å². The molecule has 0 saturated carbocycles. The van der Waals surface area contributed by atoms with Crippen molar-refractivity contribution in [3.63, 3.8) is 0 Å². The zero-order valence-electron chi connectivity index (χ0n) is 15.6. The standard InChI is InChI=1S/C19H21N3O4S/c1-13-9-10-16(27(24,25)22(3)4)11-17(13)21-19(23)14(2)26-18-8-6-5-7-15(18)12-20/h5-11,14H,1-4H3,(H,21,23). The van der Waals surface area contributed by atoms with Gasteiger partial charge in [0.25, 0.3) is 5.91 Å². The quantitative estimate of drug-likeness (QED) is 0.821. The molecule has 27 heavy (non-hydrogen) atoms. The Bertz CT molecular complexity index is 994. The van der Waals surface area contributed by atoms with Crippen molar-refractivity contribution in [2.24, 2.45) is 0 Å². The summed E-state index contributed by atoms with van der Waals surface area (Å²) in [5.74, 6) is -0.145. The molecule has 0 aliphatic rings. The molecule has 2 aromatic carbocycles. The smallest absolute Gasteiger partial charge is 0.265 e. The van der Waals surface area contributed by atoms with Crippen LogP contribution in [0.2, 0.25) is 0 Å². The fraction of sp³-hybridized carbons (Fsp3) is 0.263. The lowest BCUT2D eigenvalue weighted by Gasteiger charge is -2.18. The molecule has 0 saturated heterocycles. The van der Waals surface area contributed by atoms with Crippen LogP contribution in [0.4, 0.5) is 5.69 Å². The van der Waals surface area contributed by atoms with Crippen LogP contribution in [-0.4, -0.2) is 38.8 Å². The van der Waals surface area contributed by atoms with Crippen LogP contribution in [0.3, 0.4) is 0 Å². The lowest BCUT2D eigenvalue weighted by molar-refractivity contribution is -0.122. The number of para-hydroxylation sites is 1. The van der Waals surface area contributed by atoms with E-state index in [1.807, 2.05) is 6.07 Å². The van der Waals surface area contributed by atoms with Crippen molar-refractivity contribution in [3.05, 3.63) is 53.6 Å². The lowest BCUT2D eigenvalue weighted by atomic mass is 10.2. The third-order valence-corrected chi connectivity index (χ3v) is 5.74. The monoisotopic (exact) mass is 387 g/mol. The number of nitrogens with zero attached hydrogens (tertiary/aromatic N) is 2. The number of rotatable bonds is 6. The summed E-state index contributed by atoms with van der Waals surface area (Å²) < 4.78 is 31.3. The summed E-state index contributed by atoms with van der Waals surface area (Å²) in [6.45, 7) is 3.32. The highest BCUT2D eigenvalue weighted by Gasteiger charge is 2.21. The van der Waals surface area contributed by atoms with Gasteiger partial charge >= 0.3 is 0 Å². The second kappa shape index (κ2) is 8.20. The van der Waals surface area contributed by atoms with Crippen molar-refractivity contribution < 1.29 is 17.9 Å². The van der Waals surface area contributed by atoms with Crippen molar-refractivity contribution in [1.82, 2.24) is 4.31 Å². The number of hydrogen-bond acceptors (Lipinski definition) is 5. The molecular weight excluding hydrogens is 366 g/mol. The first-order valence-electron chi connectivity index (χ1n) is 8.16. The summed E-state index contributed by atoms with van der Waals surface area (Å²) in [7, 11) is -0.734. The Morgan fingerprint density at radius 1 is 1.22 bits per heavy atom. The number of sulfonamides is 1. The predicted octanol–water partition coefficient (Wildman–Crippen LogP) is 2.52. The first kappa shape index (κ1) is 20.4. The number of carbonyl (C=O) groups is 1. The molecule has 0 aliphatic carbocycles. The molecule has 0 spiro atoms. The molecule has 2 rings (SSSR count). The second-order valence-electron chi connectivity index (χ2n) is 6.12. The molecule has 0 aromatic heterocycles. The maximum absolute atomic E-state index is 12.5. The highest BCUT2D eigenvalue weighted by Crippen LogP contribution is 2.23. The van der Waals surface area contributed by atoms with Crippen LogP contribution in [0.1, 0.15) is 18.1 Å². The van der Waals surface area contributed by atoms with Gasteiger partial charge in [-0.05, 0) is 43.7 Å². The van der Waals surface area contributed by atoms with Crippen LogP contribution in [-0.2, 0) is 14.8 Å². The number of aryl methyl sites for hydroxylation is 1. The van der Waals surface area contributed by atoms with Gasteiger partial charge in [-0.2, -0.15) is 5.26 Å². The largest absolute Gasteiger partial charge is 0.480 e. The maximum Gasteiger partial charge on any atom is 0.265 e. The molecule has 142 valence electrons. The molecule has 1 N–H and O–H groups in total.